The highest BCUT2D eigenvalue weighted by Gasteiger charge is 1.99. The van der Waals surface area contributed by atoms with Crippen LogP contribution in [-0.4, -0.2) is 16.7 Å². The van der Waals surface area contributed by atoms with Crippen molar-refractivity contribution in [3.63, 3.8) is 0 Å². The second kappa shape index (κ2) is 2.25. The lowest BCUT2D eigenvalue weighted by atomic mass is 10.8. The Morgan fingerprint density at radius 1 is 1.67 bits per heavy atom. The molecule has 0 saturated heterocycles. The van der Waals surface area contributed by atoms with Gasteiger partial charge in [0, 0.05) is 6.92 Å². The lowest BCUT2D eigenvalue weighted by molar-refractivity contribution is -0.122. The summed E-state index contributed by atoms with van der Waals surface area (Å²) in [5, 5.41) is 6.77. The predicted molar refractivity (Wildman–Crippen MR) is 25.7 cm³/mol. The van der Waals surface area contributed by atoms with Gasteiger partial charge in [-0.1, -0.05) is 5.10 Å². The molecule has 1 aromatic rings. The highest BCUT2D eigenvalue weighted by atomic mass is 16.6. The Kier molecular flexibility index (Phi) is 1.44. The molecule has 0 aliphatic carbocycles. The summed E-state index contributed by atoms with van der Waals surface area (Å²) in [7, 11) is 0. The first kappa shape index (κ1) is 5.74. The van der Waals surface area contributed by atoms with Crippen LogP contribution in [0.5, 0.6) is 6.08 Å². The van der Waals surface area contributed by atoms with Crippen molar-refractivity contribution in [3.8, 4) is 6.08 Å². The van der Waals surface area contributed by atoms with Crippen molar-refractivity contribution in [2.24, 2.45) is 0 Å². The Balaban J connectivity index is 2.72. The largest absolute Gasteiger partial charge is 0.422 e. The van der Waals surface area contributed by atoms with Crippen LogP contribution in [0.4, 0.5) is 0 Å². The van der Waals surface area contributed by atoms with E-state index in [0.717, 1.165) is 0 Å². The average molecular weight is 128 g/mol. The Bertz CT molecular complexity index is 207. The second-order valence-electron chi connectivity index (χ2n) is 1.30. The molecule has 0 saturated carbocycles. The van der Waals surface area contributed by atoms with Crippen molar-refractivity contribution in [2.75, 3.05) is 0 Å². The maximum Gasteiger partial charge on any atom is 0.422 e. The standard InChI is InChI=1S/C4H4N2O3/c1-3-5-6-4(9-3)8-2-7/h2H,1H3. The lowest BCUT2D eigenvalue weighted by Gasteiger charge is -1.81. The highest BCUT2D eigenvalue weighted by Crippen LogP contribution is 2.04. The van der Waals surface area contributed by atoms with Gasteiger partial charge in [0.05, 0.1) is 0 Å². The van der Waals surface area contributed by atoms with Crippen LogP contribution in [0.1, 0.15) is 5.89 Å². The number of rotatable bonds is 2. The van der Waals surface area contributed by atoms with E-state index in [-0.39, 0.29) is 12.5 Å². The van der Waals surface area contributed by atoms with Crippen molar-refractivity contribution in [1.82, 2.24) is 10.2 Å². The maximum absolute atomic E-state index is 9.63. The first-order chi connectivity index (χ1) is 4.33. The third kappa shape index (κ3) is 1.25. The molecule has 48 valence electrons. The molecule has 1 rings (SSSR count). The van der Waals surface area contributed by atoms with Gasteiger partial charge in [-0.25, -0.2) is 0 Å². The molecule has 0 aliphatic heterocycles. The summed E-state index contributed by atoms with van der Waals surface area (Å²) in [5.41, 5.74) is 0. The van der Waals surface area contributed by atoms with E-state index in [0.29, 0.717) is 5.89 Å². The molecule has 1 heterocycles. The van der Waals surface area contributed by atoms with Gasteiger partial charge in [-0.15, -0.1) is 5.10 Å². The zero-order valence-electron chi connectivity index (χ0n) is 4.70. The van der Waals surface area contributed by atoms with Crippen LogP contribution in [-0.2, 0) is 4.79 Å². The molecule has 0 aromatic carbocycles. The number of carbonyl (C=O) groups is 1. The minimum absolute atomic E-state index is 0.123. The molecule has 0 N–H and O–H groups in total. The summed E-state index contributed by atoms with van der Waals surface area (Å²) in [4.78, 5) is 9.63. The molecular weight excluding hydrogens is 124 g/mol. The van der Waals surface area contributed by atoms with Gasteiger partial charge in [-0.05, 0) is 0 Å². The van der Waals surface area contributed by atoms with E-state index in [1.54, 1.807) is 6.92 Å². The van der Waals surface area contributed by atoms with Crippen LogP contribution in [0.25, 0.3) is 0 Å². The van der Waals surface area contributed by atoms with E-state index in [1.807, 2.05) is 0 Å². The fraction of sp³-hybridized carbons (Fsp3) is 0.250. The third-order valence-electron chi connectivity index (χ3n) is 0.656. The molecule has 9 heavy (non-hydrogen) atoms. The summed E-state index contributed by atoms with van der Waals surface area (Å²) >= 11 is 0. The van der Waals surface area contributed by atoms with Gasteiger partial charge in [0.25, 0.3) is 0 Å². The lowest BCUT2D eigenvalue weighted by Crippen LogP contribution is -1.87. The fourth-order valence-corrected chi connectivity index (χ4v) is 0.367. The normalized spacial score (nSPS) is 9.00. The van der Waals surface area contributed by atoms with Crippen LogP contribution in [0.2, 0.25) is 0 Å². The van der Waals surface area contributed by atoms with Gasteiger partial charge < -0.3 is 9.15 Å². The van der Waals surface area contributed by atoms with Crippen LogP contribution in [0.3, 0.4) is 0 Å². The van der Waals surface area contributed by atoms with Gasteiger partial charge in [-0.2, -0.15) is 0 Å². The van der Waals surface area contributed by atoms with E-state index >= 15 is 0 Å². The molecule has 1 aromatic heterocycles. The van der Waals surface area contributed by atoms with E-state index in [4.69, 9.17) is 0 Å². The van der Waals surface area contributed by atoms with Crippen molar-refractivity contribution in [2.45, 2.75) is 6.92 Å². The summed E-state index contributed by atoms with van der Waals surface area (Å²) in [6.45, 7) is 1.83. The Labute approximate surface area is 50.6 Å². The number of carbonyl (C=O) groups excluding carboxylic acids is 1. The molecule has 0 bridgehead atoms. The second-order valence-corrected chi connectivity index (χ2v) is 1.30. The van der Waals surface area contributed by atoms with E-state index in [2.05, 4.69) is 19.4 Å². The molecule has 0 amide bonds. The number of nitrogens with zero attached hydrogens (tertiary/aromatic N) is 2. The van der Waals surface area contributed by atoms with Crippen LogP contribution >= 0.6 is 0 Å². The molecule has 5 heteroatoms. The molecule has 0 radical (unpaired) electrons. The van der Waals surface area contributed by atoms with Gasteiger partial charge >= 0.3 is 12.5 Å². The Hall–Kier alpha value is -1.39. The molecule has 0 spiro atoms. The van der Waals surface area contributed by atoms with E-state index < -0.39 is 0 Å². The average Bonchev–Trinajstić information content (AvgIpc) is 2.17. The molecule has 0 atom stereocenters. The van der Waals surface area contributed by atoms with Crippen molar-refractivity contribution < 1.29 is 13.9 Å². The predicted octanol–water partition coefficient (Wildman–Crippen LogP) is -0.0868. The fourth-order valence-electron chi connectivity index (χ4n) is 0.367. The monoisotopic (exact) mass is 128 g/mol. The topological polar surface area (TPSA) is 65.2 Å². The van der Waals surface area contributed by atoms with Crippen molar-refractivity contribution in [3.05, 3.63) is 5.89 Å². The minimum Gasteiger partial charge on any atom is -0.393 e. The number of aryl methyl sites for hydroxylation is 1. The SMILES string of the molecule is Cc1nnc(OC=O)o1. The van der Waals surface area contributed by atoms with Crippen molar-refractivity contribution >= 4 is 6.47 Å². The highest BCUT2D eigenvalue weighted by molar-refractivity contribution is 5.40. The molecule has 0 fully saturated rings. The van der Waals surface area contributed by atoms with Gasteiger partial charge in [0.15, 0.2) is 0 Å². The van der Waals surface area contributed by atoms with E-state index in [9.17, 15) is 4.79 Å². The Morgan fingerprint density at radius 3 is 2.89 bits per heavy atom. The molecule has 0 aliphatic rings. The van der Waals surface area contributed by atoms with Crippen LogP contribution < -0.4 is 4.74 Å². The summed E-state index contributed by atoms with van der Waals surface area (Å²) in [6, 6.07) is 0. The molecular formula is C4H4N2O3. The number of hydrogen-bond acceptors (Lipinski definition) is 5. The van der Waals surface area contributed by atoms with Gasteiger partial charge in [-0.3, -0.25) is 4.79 Å². The molecule has 0 unspecified atom stereocenters. The zero-order valence-corrected chi connectivity index (χ0v) is 4.70. The zero-order chi connectivity index (χ0) is 6.69. The number of hydrogen-bond donors (Lipinski definition) is 0. The third-order valence-corrected chi connectivity index (χ3v) is 0.656. The Morgan fingerprint density at radius 2 is 2.44 bits per heavy atom. The summed E-state index contributed by atoms with van der Waals surface area (Å²) < 4.78 is 8.85. The number of aromatic nitrogens is 2. The summed E-state index contributed by atoms with van der Waals surface area (Å²) in [5.74, 6) is 0.367. The van der Waals surface area contributed by atoms with E-state index in [1.165, 1.54) is 0 Å². The minimum atomic E-state index is -0.123. The van der Waals surface area contributed by atoms with Crippen molar-refractivity contribution in [1.29, 1.82) is 0 Å². The smallest absolute Gasteiger partial charge is 0.393 e. The molecule has 5 nitrogen and oxygen atoms in total. The first-order valence-corrected chi connectivity index (χ1v) is 2.23. The van der Waals surface area contributed by atoms with Gasteiger partial charge in [0.2, 0.25) is 5.89 Å². The van der Waals surface area contributed by atoms with Gasteiger partial charge in [0.1, 0.15) is 0 Å². The van der Waals surface area contributed by atoms with Crippen LogP contribution in [0, 0.1) is 6.92 Å². The van der Waals surface area contributed by atoms with Crippen LogP contribution in [0.15, 0.2) is 4.42 Å². The quantitative estimate of drug-likeness (QED) is 0.521. The maximum atomic E-state index is 9.63. The summed E-state index contributed by atoms with van der Waals surface area (Å²) in [6.07, 6.45) is -0.123. The number of ether oxygens (including phenoxy) is 1. The first-order valence-electron chi connectivity index (χ1n) is 2.23.